The van der Waals surface area contributed by atoms with E-state index in [1.807, 2.05) is 30.3 Å². The van der Waals surface area contributed by atoms with E-state index in [1.54, 1.807) is 12.3 Å². The maximum absolute atomic E-state index is 13.0. The summed E-state index contributed by atoms with van der Waals surface area (Å²) in [4.78, 5) is 0. The van der Waals surface area contributed by atoms with E-state index in [0.29, 0.717) is 11.4 Å². The molecule has 0 aliphatic carbocycles. The smallest absolute Gasteiger partial charge is 0.416 e. The van der Waals surface area contributed by atoms with Crippen LogP contribution in [-0.4, -0.2) is 15.0 Å². The maximum atomic E-state index is 13.0. The Morgan fingerprint density at radius 1 is 0.958 bits per heavy atom. The summed E-state index contributed by atoms with van der Waals surface area (Å²) in [7, 11) is 0. The molecule has 0 N–H and O–H groups in total. The molecule has 0 aliphatic rings. The minimum Gasteiger partial charge on any atom is -0.487 e. The summed E-state index contributed by atoms with van der Waals surface area (Å²) < 4.78 is 45.9. The van der Waals surface area contributed by atoms with Gasteiger partial charge in [0.25, 0.3) is 0 Å². The van der Waals surface area contributed by atoms with Gasteiger partial charge in [0, 0.05) is 0 Å². The molecule has 0 bridgehead atoms. The molecule has 1 aromatic heterocycles. The number of alkyl halides is 3. The summed E-state index contributed by atoms with van der Waals surface area (Å²) >= 11 is 0. The highest BCUT2D eigenvalue weighted by Crippen LogP contribution is 2.32. The van der Waals surface area contributed by atoms with Crippen LogP contribution in [0.1, 0.15) is 16.8 Å². The fourth-order valence-electron chi connectivity index (χ4n) is 2.27. The average molecular weight is 333 g/mol. The zero-order valence-electron chi connectivity index (χ0n) is 12.6. The van der Waals surface area contributed by atoms with Gasteiger partial charge in [0.2, 0.25) is 0 Å². The molecule has 3 rings (SSSR count). The Balaban J connectivity index is 1.69. The van der Waals surface area contributed by atoms with E-state index in [-0.39, 0.29) is 18.7 Å². The first-order valence-electron chi connectivity index (χ1n) is 7.24. The summed E-state index contributed by atoms with van der Waals surface area (Å²) in [5.41, 5.74) is 0.0244. The highest BCUT2D eigenvalue weighted by molar-refractivity contribution is 5.29. The molecule has 0 saturated carbocycles. The zero-order chi connectivity index (χ0) is 17.0. The first kappa shape index (κ1) is 16.0. The molecule has 0 atom stereocenters. The van der Waals surface area contributed by atoms with Crippen molar-refractivity contribution in [1.29, 1.82) is 0 Å². The van der Waals surface area contributed by atoms with Crippen LogP contribution in [0.25, 0.3) is 0 Å². The van der Waals surface area contributed by atoms with Gasteiger partial charge in [-0.2, -0.15) is 13.2 Å². The summed E-state index contributed by atoms with van der Waals surface area (Å²) in [5.74, 6) is 0.689. The van der Waals surface area contributed by atoms with Gasteiger partial charge < -0.3 is 4.74 Å². The highest BCUT2D eigenvalue weighted by Gasteiger charge is 2.32. The van der Waals surface area contributed by atoms with Gasteiger partial charge in [-0.3, -0.25) is 0 Å². The van der Waals surface area contributed by atoms with Crippen LogP contribution < -0.4 is 4.74 Å². The highest BCUT2D eigenvalue weighted by atomic mass is 19.4. The van der Waals surface area contributed by atoms with E-state index in [9.17, 15) is 13.2 Å². The molecule has 4 nitrogen and oxygen atoms in total. The van der Waals surface area contributed by atoms with Gasteiger partial charge in [0.1, 0.15) is 18.1 Å². The minimum atomic E-state index is -4.39. The van der Waals surface area contributed by atoms with E-state index in [0.717, 1.165) is 6.07 Å². The molecule has 0 saturated heterocycles. The van der Waals surface area contributed by atoms with E-state index in [2.05, 4.69) is 10.3 Å². The molecule has 0 fully saturated rings. The lowest BCUT2D eigenvalue weighted by Gasteiger charge is -2.12. The number of para-hydroxylation sites is 1. The Morgan fingerprint density at radius 3 is 2.42 bits per heavy atom. The normalized spacial score (nSPS) is 11.5. The fraction of sp³-hybridized carbons (Fsp3) is 0.176. The average Bonchev–Trinajstić information content (AvgIpc) is 3.01. The second-order valence-corrected chi connectivity index (χ2v) is 5.16. The third-order valence-corrected chi connectivity index (χ3v) is 3.37. The number of ether oxygens (including phenoxy) is 1. The van der Waals surface area contributed by atoms with Gasteiger partial charge in [-0.25, -0.2) is 4.68 Å². The molecule has 7 heteroatoms. The molecule has 0 spiro atoms. The van der Waals surface area contributed by atoms with Crippen molar-refractivity contribution in [3.05, 3.63) is 77.6 Å². The number of aromatic nitrogens is 3. The number of rotatable bonds is 5. The molecule has 124 valence electrons. The predicted molar refractivity (Wildman–Crippen MR) is 81.3 cm³/mol. The van der Waals surface area contributed by atoms with Crippen LogP contribution in [0, 0.1) is 0 Å². The largest absolute Gasteiger partial charge is 0.487 e. The Labute approximate surface area is 136 Å². The molecule has 2 aromatic carbocycles. The zero-order valence-corrected chi connectivity index (χ0v) is 12.6. The quantitative estimate of drug-likeness (QED) is 0.710. The Morgan fingerprint density at radius 2 is 1.67 bits per heavy atom. The van der Waals surface area contributed by atoms with Crippen LogP contribution in [-0.2, 0) is 19.3 Å². The molecule has 0 radical (unpaired) electrons. The third kappa shape index (κ3) is 3.92. The van der Waals surface area contributed by atoms with Crippen molar-refractivity contribution in [3.8, 4) is 5.75 Å². The second kappa shape index (κ2) is 6.74. The number of benzene rings is 2. The van der Waals surface area contributed by atoms with E-state index in [4.69, 9.17) is 4.74 Å². The summed E-state index contributed by atoms with van der Waals surface area (Å²) in [6.07, 6.45) is -2.81. The lowest BCUT2D eigenvalue weighted by atomic mass is 10.1. The maximum Gasteiger partial charge on any atom is 0.416 e. The SMILES string of the molecule is FC(F)(F)c1ccccc1Cn1cc(COc2ccccc2)nn1. The van der Waals surface area contributed by atoms with Crippen LogP contribution in [0.5, 0.6) is 5.75 Å². The first-order valence-corrected chi connectivity index (χ1v) is 7.24. The molecule has 0 unspecified atom stereocenters. The van der Waals surface area contributed by atoms with Crippen LogP contribution in [0.2, 0.25) is 0 Å². The van der Waals surface area contributed by atoms with E-state index >= 15 is 0 Å². The summed E-state index contributed by atoms with van der Waals surface area (Å²) in [6.45, 7) is 0.193. The Kier molecular flexibility index (Phi) is 4.50. The van der Waals surface area contributed by atoms with Crippen molar-refractivity contribution in [2.45, 2.75) is 19.3 Å². The Hall–Kier alpha value is -2.83. The van der Waals surface area contributed by atoms with Crippen molar-refractivity contribution in [3.63, 3.8) is 0 Å². The second-order valence-electron chi connectivity index (χ2n) is 5.16. The van der Waals surface area contributed by atoms with Crippen LogP contribution >= 0.6 is 0 Å². The number of hydrogen-bond donors (Lipinski definition) is 0. The topological polar surface area (TPSA) is 39.9 Å². The van der Waals surface area contributed by atoms with Crippen LogP contribution in [0.15, 0.2) is 60.8 Å². The Bertz CT molecular complexity index is 800. The third-order valence-electron chi connectivity index (χ3n) is 3.37. The van der Waals surface area contributed by atoms with Crippen LogP contribution in [0.3, 0.4) is 0 Å². The lowest BCUT2D eigenvalue weighted by Crippen LogP contribution is -2.12. The van der Waals surface area contributed by atoms with Gasteiger partial charge in [0.05, 0.1) is 18.3 Å². The molecule has 1 heterocycles. The number of halogens is 3. The van der Waals surface area contributed by atoms with Gasteiger partial charge in [0.15, 0.2) is 0 Å². The first-order chi connectivity index (χ1) is 11.5. The van der Waals surface area contributed by atoms with Crippen molar-refractivity contribution in [1.82, 2.24) is 15.0 Å². The predicted octanol–water partition coefficient (Wildman–Crippen LogP) is 3.92. The lowest BCUT2D eigenvalue weighted by molar-refractivity contribution is -0.138. The van der Waals surface area contributed by atoms with Crippen molar-refractivity contribution < 1.29 is 17.9 Å². The van der Waals surface area contributed by atoms with E-state index in [1.165, 1.54) is 16.8 Å². The monoisotopic (exact) mass is 333 g/mol. The molecule has 3 aromatic rings. The van der Waals surface area contributed by atoms with Gasteiger partial charge in [-0.05, 0) is 23.8 Å². The molecule has 0 amide bonds. The molecular weight excluding hydrogens is 319 g/mol. The van der Waals surface area contributed by atoms with Crippen molar-refractivity contribution in [2.24, 2.45) is 0 Å². The number of hydrogen-bond acceptors (Lipinski definition) is 3. The van der Waals surface area contributed by atoms with Crippen LogP contribution in [0.4, 0.5) is 13.2 Å². The molecule has 0 aliphatic heterocycles. The summed E-state index contributed by atoms with van der Waals surface area (Å²) in [6, 6.07) is 14.6. The van der Waals surface area contributed by atoms with Crippen molar-refractivity contribution >= 4 is 0 Å². The fourth-order valence-corrected chi connectivity index (χ4v) is 2.27. The number of nitrogens with zero attached hydrogens (tertiary/aromatic N) is 3. The van der Waals surface area contributed by atoms with Gasteiger partial charge in [-0.1, -0.05) is 41.6 Å². The minimum absolute atomic E-state index is 0.00593. The van der Waals surface area contributed by atoms with E-state index < -0.39 is 11.7 Å². The summed E-state index contributed by atoms with van der Waals surface area (Å²) in [5, 5.41) is 7.79. The van der Waals surface area contributed by atoms with Crippen molar-refractivity contribution in [2.75, 3.05) is 0 Å². The van der Waals surface area contributed by atoms with Gasteiger partial charge in [-0.15, -0.1) is 5.10 Å². The molecule has 24 heavy (non-hydrogen) atoms. The van der Waals surface area contributed by atoms with Gasteiger partial charge >= 0.3 is 6.18 Å². The standard InChI is InChI=1S/C17H14F3N3O/c18-17(19,20)16-9-5-4-6-13(16)10-23-11-14(21-22-23)12-24-15-7-2-1-3-8-15/h1-9,11H,10,12H2. The molecular formula is C17H14F3N3O.